The Morgan fingerprint density at radius 3 is 3.07 bits per heavy atom. The first-order valence-electron chi connectivity index (χ1n) is 4.44. The van der Waals surface area contributed by atoms with Crippen LogP contribution in [-0.4, -0.2) is 11.5 Å². The molecule has 14 heavy (non-hydrogen) atoms. The summed E-state index contributed by atoms with van der Waals surface area (Å²) in [7, 11) is 0. The molecule has 72 valence electrons. The molecule has 0 aliphatic rings. The van der Waals surface area contributed by atoms with Crippen molar-refractivity contribution < 1.29 is 0 Å². The van der Waals surface area contributed by atoms with Crippen molar-refractivity contribution >= 4 is 28.6 Å². The molecule has 2 rings (SSSR count). The number of nitrogens with one attached hydrogen (secondary N) is 1. The maximum Gasteiger partial charge on any atom is 0.0659 e. The van der Waals surface area contributed by atoms with E-state index < -0.39 is 0 Å². The average molecular weight is 207 g/mol. The Balaban J connectivity index is 2.49. The van der Waals surface area contributed by atoms with Gasteiger partial charge in [-0.3, -0.25) is 0 Å². The second-order valence-corrected chi connectivity index (χ2v) is 3.49. The van der Waals surface area contributed by atoms with Gasteiger partial charge in [0.05, 0.1) is 5.02 Å². The van der Waals surface area contributed by atoms with Crippen LogP contribution in [0.2, 0.25) is 5.02 Å². The third kappa shape index (κ3) is 1.67. The molecule has 3 heteroatoms. The fourth-order valence-electron chi connectivity index (χ4n) is 1.41. The molecular weight excluding hydrogens is 196 g/mol. The van der Waals surface area contributed by atoms with E-state index >= 15 is 0 Å². The van der Waals surface area contributed by atoms with E-state index in [-0.39, 0.29) is 0 Å². The van der Waals surface area contributed by atoms with Gasteiger partial charge in [0, 0.05) is 23.6 Å². The third-order valence-corrected chi connectivity index (χ3v) is 2.41. The van der Waals surface area contributed by atoms with Gasteiger partial charge in [-0.05, 0) is 17.7 Å². The standard InChI is InChI=1S/C11H11ClN2/c12-10-7-14-11-4-3-8(2-1-5-13)6-9(10)11/h1-4,6-7,14H,5,13H2/b2-1+. The lowest BCUT2D eigenvalue weighted by Crippen LogP contribution is -1.91. The lowest BCUT2D eigenvalue weighted by atomic mass is 10.1. The van der Waals surface area contributed by atoms with Crippen LogP contribution in [0.5, 0.6) is 0 Å². The smallest absolute Gasteiger partial charge is 0.0659 e. The minimum absolute atomic E-state index is 0.554. The number of hydrogen-bond acceptors (Lipinski definition) is 1. The molecule has 0 saturated carbocycles. The molecule has 0 saturated heterocycles. The van der Waals surface area contributed by atoms with Crippen LogP contribution in [0.25, 0.3) is 17.0 Å². The number of benzene rings is 1. The molecule has 1 aromatic heterocycles. The summed E-state index contributed by atoms with van der Waals surface area (Å²) < 4.78 is 0. The van der Waals surface area contributed by atoms with Crippen LogP contribution in [0.4, 0.5) is 0 Å². The van der Waals surface area contributed by atoms with Gasteiger partial charge in [0.1, 0.15) is 0 Å². The van der Waals surface area contributed by atoms with Gasteiger partial charge < -0.3 is 10.7 Å². The van der Waals surface area contributed by atoms with Crippen LogP contribution in [0.3, 0.4) is 0 Å². The summed E-state index contributed by atoms with van der Waals surface area (Å²) in [6.45, 7) is 0.554. The Morgan fingerprint density at radius 1 is 1.43 bits per heavy atom. The molecular formula is C11H11ClN2. The number of nitrogens with two attached hydrogens (primary N) is 1. The molecule has 1 aromatic carbocycles. The van der Waals surface area contributed by atoms with Crippen molar-refractivity contribution in [2.45, 2.75) is 0 Å². The highest BCUT2D eigenvalue weighted by molar-refractivity contribution is 6.35. The largest absolute Gasteiger partial charge is 0.360 e. The number of rotatable bonds is 2. The monoisotopic (exact) mass is 206 g/mol. The predicted molar refractivity (Wildman–Crippen MR) is 61.4 cm³/mol. The van der Waals surface area contributed by atoms with Gasteiger partial charge in [0.15, 0.2) is 0 Å². The van der Waals surface area contributed by atoms with Crippen molar-refractivity contribution in [3.05, 3.63) is 41.1 Å². The van der Waals surface area contributed by atoms with E-state index in [4.69, 9.17) is 17.3 Å². The van der Waals surface area contributed by atoms with E-state index in [0.29, 0.717) is 6.54 Å². The molecule has 0 spiro atoms. The van der Waals surface area contributed by atoms with Gasteiger partial charge in [-0.15, -0.1) is 0 Å². The summed E-state index contributed by atoms with van der Waals surface area (Å²) in [6.07, 6.45) is 5.70. The molecule has 2 nitrogen and oxygen atoms in total. The summed E-state index contributed by atoms with van der Waals surface area (Å²) >= 11 is 6.00. The van der Waals surface area contributed by atoms with Gasteiger partial charge in [-0.25, -0.2) is 0 Å². The Hall–Kier alpha value is -1.25. The molecule has 0 aliphatic heterocycles. The molecule has 0 bridgehead atoms. The van der Waals surface area contributed by atoms with Crippen molar-refractivity contribution in [2.24, 2.45) is 5.73 Å². The second-order valence-electron chi connectivity index (χ2n) is 3.08. The molecule has 0 amide bonds. The van der Waals surface area contributed by atoms with Crippen molar-refractivity contribution in [2.75, 3.05) is 6.54 Å². The zero-order chi connectivity index (χ0) is 9.97. The first-order chi connectivity index (χ1) is 6.81. The maximum absolute atomic E-state index is 6.00. The first kappa shape index (κ1) is 9.31. The van der Waals surface area contributed by atoms with Gasteiger partial charge in [-0.2, -0.15) is 0 Å². The predicted octanol–water partition coefficient (Wildman–Crippen LogP) is 2.79. The molecule has 0 atom stereocenters. The third-order valence-electron chi connectivity index (χ3n) is 2.10. The van der Waals surface area contributed by atoms with E-state index in [0.717, 1.165) is 21.5 Å². The molecule has 0 fully saturated rings. The van der Waals surface area contributed by atoms with Crippen molar-refractivity contribution in [3.8, 4) is 0 Å². The lowest BCUT2D eigenvalue weighted by molar-refractivity contribution is 1.26. The quantitative estimate of drug-likeness (QED) is 0.780. The van der Waals surface area contributed by atoms with Crippen LogP contribution >= 0.6 is 11.6 Å². The van der Waals surface area contributed by atoms with E-state index in [2.05, 4.69) is 4.98 Å². The van der Waals surface area contributed by atoms with Crippen LogP contribution < -0.4 is 5.73 Å². The number of fused-ring (bicyclic) bond motifs is 1. The zero-order valence-corrected chi connectivity index (χ0v) is 8.38. The highest BCUT2D eigenvalue weighted by Gasteiger charge is 2.00. The summed E-state index contributed by atoms with van der Waals surface area (Å²) in [5.74, 6) is 0. The van der Waals surface area contributed by atoms with Gasteiger partial charge >= 0.3 is 0 Å². The van der Waals surface area contributed by atoms with Gasteiger partial charge in [-0.1, -0.05) is 29.8 Å². The molecule has 0 radical (unpaired) electrons. The Kier molecular flexibility index (Phi) is 2.57. The van der Waals surface area contributed by atoms with E-state index in [1.165, 1.54) is 0 Å². The minimum atomic E-state index is 0.554. The average Bonchev–Trinajstić information content (AvgIpc) is 2.57. The van der Waals surface area contributed by atoms with E-state index in [1.807, 2.05) is 30.4 Å². The normalized spacial score (nSPS) is 11.6. The van der Waals surface area contributed by atoms with Crippen molar-refractivity contribution in [1.29, 1.82) is 0 Å². The summed E-state index contributed by atoms with van der Waals surface area (Å²) in [4.78, 5) is 3.09. The highest BCUT2D eigenvalue weighted by atomic mass is 35.5. The van der Waals surface area contributed by atoms with E-state index in [9.17, 15) is 0 Å². The van der Waals surface area contributed by atoms with Crippen LogP contribution in [-0.2, 0) is 0 Å². The van der Waals surface area contributed by atoms with Gasteiger partial charge in [0.25, 0.3) is 0 Å². The van der Waals surface area contributed by atoms with Crippen molar-refractivity contribution in [1.82, 2.24) is 4.98 Å². The number of halogens is 1. The molecule has 2 aromatic rings. The van der Waals surface area contributed by atoms with Gasteiger partial charge in [0.2, 0.25) is 0 Å². The topological polar surface area (TPSA) is 41.8 Å². The summed E-state index contributed by atoms with van der Waals surface area (Å²) in [6, 6.07) is 6.08. The molecule has 0 unspecified atom stereocenters. The Labute approximate surface area is 87.4 Å². The zero-order valence-electron chi connectivity index (χ0n) is 7.63. The molecule has 3 N–H and O–H groups in total. The number of aromatic nitrogens is 1. The fourth-order valence-corrected chi connectivity index (χ4v) is 1.62. The van der Waals surface area contributed by atoms with Crippen LogP contribution in [0, 0.1) is 0 Å². The van der Waals surface area contributed by atoms with Crippen LogP contribution in [0.1, 0.15) is 5.56 Å². The number of aromatic amines is 1. The Bertz CT molecular complexity index is 471. The first-order valence-corrected chi connectivity index (χ1v) is 4.82. The maximum atomic E-state index is 6.00. The Morgan fingerprint density at radius 2 is 2.29 bits per heavy atom. The summed E-state index contributed by atoms with van der Waals surface area (Å²) in [5, 5.41) is 1.80. The SMILES string of the molecule is NC/C=C/c1ccc2[nH]cc(Cl)c2c1. The minimum Gasteiger partial charge on any atom is -0.360 e. The second kappa shape index (κ2) is 3.86. The molecule has 0 aliphatic carbocycles. The van der Waals surface area contributed by atoms with E-state index in [1.54, 1.807) is 6.20 Å². The van der Waals surface area contributed by atoms with Crippen molar-refractivity contribution in [3.63, 3.8) is 0 Å². The van der Waals surface area contributed by atoms with Crippen LogP contribution in [0.15, 0.2) is 30.5 Å². The fraction of sp³-hybridized carbons (Fsp3) is 0.0909. The molecule has 1 heterocycles. The highest BCUT2D eigenvalue weighted by Crippen LogP contribution is 2.24. The number of hydrogen-bond donors (Lipinski definition) is 2. The lowest BCUT2D eigenvalue weighted by Gasteiger charge is -1.94. The summed E-state index contributed by atoms with van der Waals surface area (Å²) in [5.41, 5.74) is 7.55. The number of H-pyrrole nitrogens is 1.